The van der Waals surface area contributed by atoms with Crippen LogP contribution in [0, 0.1) is 11.7 Å². The predicted octanol–water partition coefficient (Wildman–Crippen LogP) is 4.67. The van der Waals surface area contributed by atoms with Gasteiger partial charge in [0.1, 0.15) is 11.6 Å². The molecular weight excluding hydrogens is 263 g/mol. The Morgan fingerprint density at radius 2 is 2.26 bits per heavy atom. The van der Waals surface area contributed by atoms with E-state index in [0.717, 1.165) is 30.2 Å². The monoisotopic (exact) mass is 280 g/mol. The average molecular weight is 281 g/mol. The molecule has 1 atom stereocenters. The number of rotatable bonds is 5. The van der Waals surface area contributed by atoms with Crippen LogP contribution in [0.4, 0.5) is 4.39 Å². The molecule has 3 rings (SSSR count). The highest BCUT2D eigenvalue weighted by molar-refractivity contribution is 6.20. The Kier molecular flexibility index (Phi) is 3.48. The van der Waals surface area contributed by atoms with Gasteiger partial charge in [0, 0.05) is 12.6 Å². The van der Waals surface area contributed by atoms with E-state index in [0.29, 0.717) is 5.52 Å². The summed E-state index contributed by atoms with van der Waals surface area (Å²) in [5, 5.41) is -0.156. The molecule has 4 heteroatoms. The molecule has 0 bridgehead atoms. The molecular formula is C15H18ClFN2. The smallest absolute Gasteiger partial charge is 0.127 e. The van der Waals surface area contributed by atoms with E-state index in [-0.39, 0.29) is 11.2 Å². The Morgan fingerprint density at radius 1 is 1.47 bits per heavy atom. The van der Waals surface area contributed by atoms with E-state index in [1.807, 2.05) is 6.92 Å². The molecule has 1 aliphatic rings. The fourth-order valence-electron chi connectivity index (χ4n) is 2.60. The number of imidazole rings is 1. The van der Waals surface area contributed by atoms with Crippen molar-refractivity contribution in [1.29, 1.82) is 0 Å². The topological polar surface area (TPSA) is 17.8 Å². The maximum Gasteiger partial charge on any atom is 0.127 e. The maximum absolute atomic E-state index is 13.3. The quantitative estimate of drug-likeness (QED) is 0.728. The molecule has 1 unspecified atom stereocenters. The first-order chi connectivity index (χ1) is 9.15. The van der Waals surface area contributed by atoms with Gasteiger partial charge in [0.2, 0.25) is 0 Å². The summed E-state index contributed by atoms with van der Waals surface area (Å²) in [7, 11) is 0. The SMILES string of the molecule is CC(Cl)c1nc2cc(F)ccc2n1CCCC1CC1. The minimum absolute atomic E-state index is 0.156. The van der Waals surface area contributed by atoms with Crippen molar-refractivity contribution in [2.75, 3.05) is 0 Å². The molecule has 0 saturated heterocycles. The number of halogens is 2. The lowest BCUT2D eigenvalue weighted by atomic mass is 10.2. The number of hydrogen-bond acceptors (Lipinski definition) is 1. The lowest BCUT2D eigenvalue weighted by Gasteiger charge is -2.10. The fraction of sp³-hybridized carbons (Fsp3) is 0.533. The fourth-order valence-corrected chi connectivity index (χ4v) is 2.77. The summed E-state index contributed by atoms with van der Waals surface area (Å²) >= 11 is 6.20. The van der Waals surface area contributed by atoms with Gasteiger partial charge in [-0.25, -0.2) is 9.37 Å². The Balaban J connectivity index is 1.90. The summed E-state index contributed by atoms with van der Waals surface area (Å²) < 4.78 is 15.4. The van der Waals surface area contributed by atoms with Crippen LogP contribution in [0.3, 0.4) is 0 Å². The summed E-state index contributed by atoms with van der Waals surface area (Å²) in [6, 6.07) is 4.77. The number of fused-ring (bicyclic) bond motifs is 1. The molecule has 0 N–H and O–H groups in total. The Labute approximate surface area is 117 Å². The van der Waals surface area contributed by atoms with Gasteiger partial charge in [0.05, 0.1) is 16.4 Å². The van der Waals surface area contributed by atoms with Crippen LogP contribution >= 0.6 is 11.6 Å². The molecule has 102 valence electrons. The molecule has 0 amide bonds. The molecule has 1 aliphatic carbocycles. The third-order valence-corrected chi connectivity index (χ3v) is 3.98. The van der Waals surface area contributed by atoms with Gasteiger partial charge < -0.3 is 4.57 Å². The van der Waals surface area contributed by atoms with E-state index >= 15 is 0 Å². The zero-order chi connectivity index (χ0) is 13.4. The van der Waals surface area contributed by atoms with E-state index in [1.54, 1.807) is 6.07 Å². The Hall–Kier alpha value is -1.09. The van der Waals surface area contributed by atoms with Crippen LogP contribution in [0.1, 0.15) is 43.8 Å². The lowest BCUT2D eigenvalue weighted by Crippen LogP contribution is -2.05. The summed E-state index contributed by atoms with van der Waals surface area (Å²) in [6.07, 6.45) is 5.18. The lowest BCUT2D eigenvalue weighted by molar-refractivity contribution is 0.569. The van der Waals surface area contributed by atoms with Crippen molar-refractivity contribution in [3.8, 4) is 0 Å². The number of aromatic nitrogens is 2. The second kappa shape index (κ2) is 5.12. The first-order valence-electron chi connectivity index (χ1n) is 6.95. The van der Waals surface area contributed by atoms with Crippen LogP contribution in [0.5, 0.6) is 0 Å². The van der Waals surface area contributed by atoms with Crippen LogP contribution in [-0.2, 0) is 6.54 Å². The van der Waals surface area contributed by atoms with Crippen molar-refractivity contribution in [3.05, 3.63) is 29.8 Å². The molecule has 0 radical (unpaired) electrons. The molecule has 1 saturated carbocycles. The van der Waals surface area contributed by atoms with Gasteiger partial charge in [-0.2, -0.15) is 0 Å². The first kappa shape index (κ1) is 12.9. The van der Waals surface area contributed by atoms with Gasteiger partial charge in [0.15, 0.2) is 0 Å². The standard InChI is InChI=1S/C15H18ClFN2/c1-10(16)15-18-13-9-12(17)6-7-14(13)19(15)8-2-3-11-4-5-11/h6-7,9-11H,2-5,8H2,1H3. The Morgan fingerprint density at radius 3 is 2.95 bits per heavy atom. The number of hydrogen-bond donors (Lipinski definition) is 0. The second-order valence-corrected chi connectivity index (χ2v) is 6.11. The highest BCUT2D eigenvalue weighted by atomic mass is 35.5. The Bertz CT molecular complexity index is 587. The van der Waals surface area contributed by atoms with E-state index in [2.05, 4.69) is 9.55 Å². The zero-order valence-corrected chi connectivity index (χ0v) is 11.8. The van der Waals surface area contributed by atoms with Gasteiger partial charge in [-0.05, 0) is 37.8 Å². The predicted molar refractivity (Wildman–Crippen MR) is 75.9 cm³/mol. The van der Waals surface area contributed by atoms with Gasteiger partial charge in [-0.15, -0.1) is 11.6 Å². The molecule has 2 aromatic rings. The molecule has 0 aliphatic heterocycles. The van der Waals surface area contributed by atoms with Gasteiger partial charge in [-0.3, -0.25) is 0 Å². The van der Waals surface area contributed by atoms with Crippen molar-refractivity contribution >= 4 is 22.6 Å². The third-order valence-electron chi connectivity index (χ3n) is 3.79. The molecule has 2 nitrogen and oxygen atoms in total. The van der Waals surface area contributed by atoms with Crippen molar-refractivity contribution < 1.29 is 4.39 Å². The molecule has 1 fully saturated rings. The van der Waals surface area contributed by atoms with Crippen LogP contribution in [0.25, 0.3) is 11.0 Å². The first-order valence-corrected chi connectivity index (χ1v) is 7.38. The second-order valence-electron chi connectivity index (χ2n) is 5.46. The van der Waals surface area contributed by atoms with Crippen LogP contribution < -0.4 is 0 Å². The molecule has 1 heterocycles. The minimum atomic E-state index is -0.246. The molecule has 19 heavy (non-hydrogen) atoms. The van der Waals surface area contributed by atoms with Crippen molar-refractivity contribution in [2.24, 2.45) is 5.92 Å². The summed E-state index contributed by atoms with van der Waals surface area (Å²) in [5.41, 5.74) is 1.69. The zero-order valence-electron chi connectivity index (χ0n) is 11.1. The van der Waals surface area contributed by atoms with Crippen LogP contribution in [0.15, 0.2) is 18.2 Å². The van der Waals surface area contributed by atoms with Crippen molar-refractivity contribution in [3.63, 3.8) is 0 Å². The minimum Gasteiger partial charge on any atom is -0.327 e. The van der Waals surface area contributed by atoms with E-state index in [4.69, 9.17) is 11.6 Å². The highest BCUT2D eigenvalue weighted by Crippen LogP contribution is 2.34. The van der Waals surface area contributed by atoms with Crippen LogP contribution in [0.2, 0.25) is 0 Å². The van der Waals surface area contributed by atoms with Crippen LogP contribution in [-0.4, -0.2) is 9.55 Å². The third kappa shape index (κ3) is 2.76. The van der Waals surface area contributed by atoms with Crippen molar-refractivity contribution in [1.82, 2.24) is 9.55 Å². The van der Waals surface area contributed by atoms with Gasteiger partial charge in [-0.1, -0.05) is 12.8 Å². The maximum atomic E-state index is 13.3. The van der Waals surface area contributed by atoms with E-state index < -0.39 is 0 Å². The molecule has 0 spiro atoms. The summed E-state index contributed by atoms with van der Waals surface area (Å²) in [4.78, 5) is 4.48. The number of alkyl halides is 1. The van der Waals surface area contributed by atoms with Gasteiger partial charge in [0.25, 0.3) is 0 Å². The molecule has 1 aromatic heterocycles. The number of benzene rings is 1. The van der Waals surface area contributed by atoms with E-state index in [1.165, 1.54) is 31.4 Å². The summed E-state index contributed by atoms with van der Waals surface area (Å²) in [6.45, 7) is 2.83. The van der Waals surface area contributed by atoms with Crippen molar-refractivity contribution in [2.45, 2.75) is 44.5 Å². The average Bonchev–Trinajstić information content (AvgIpc) is 3.11. The number of aryl methyl sites for hydroxylation is 1. The van der Waals surface area contributed by atoms with Gasteiger partial charge >= 0.3 is 0 Å². The largest absolute Gasteiger partial charge is 0.327 e. The summed E-state index contributed by atoms with van der Waals surface area (Å²) in [5.74, 6) is 1.53. The van der Waals surface area contributed by atoms with E-state index in [9.17, 15) is 4.39 Å². The molecule has 1 aromatic carbocycles. The number of nitrogens with zero attached hydrogens (tertiary/aromatic N) is 2. The normalized spacial score (nSPS) is 17.0. The highest BCUT2D eigenvalue weighted by Gasteiger charge is 2.21.